The van der Waals surface area contributed by atoms with Crippen molar-refractivity contribution in [3.63, 3.8) is 0 Å². The van der Waals surface area contributed by atoms with E-state index in [1.807, 2.05) is 0 Å². The Hall–Kier alpha value is -2.30. The van der Waals surface area contributed by atoms with Crippen molar-refractivity contribution in [2.75, 3.05) is 5.73 Å². The van der Waals surface area contributed by atoms with Gasteiger partial charge in [0, 0.05) is 0 Å². The van der Waals surface area contributed by atoms with E-state index in [9.17, 15) is 9.90 Å². The number of anilines is 1. The van der Waals surface area contributed by atoms with Crippen molar-refractivity contribution < 1.29 is 24.1 Å². The number of ether oxygens (including phenoxy) is 3. The normalized spacial score (nSPS) is 31.5. The van der Waals surface area contributed by atoms with Crippen molar-refractivity contribution in [2.45, 2.75) is 51.1 Å². The van der Waals surface area contributed by atoms with Crippen molar-refractivity contribution >= 4 is 23.0 Å². The lowest BCUT2D eigenvalue weighted by Gasteiger charge is -2.23. The van der Waals surface area contributed by atoms with Gasteiger partial charge in [-0.2, -0.15) is 0 Å². The summed E-state index contributed by atoms with van der Waals surface area (Å²) in [6.07, 6.45) is -1.71. The average molecular weight is 335 g/mol. The number of nitrogens with zero attached hydrogens (tertiary/aromatic N) is 4. The topological polar surface area (TPSA) is 135 Å². The van der Waals surface area contributed by atoms with Crippen molar-refractivity contribution in [3.8, 4) is 0 Å². The third-order valence-electron chi connectivity index (χ3n) is 4.11. The molecule has 2 aromatic rings. The molecule has 2 aliphatic rings. The second kappa shape index (κ2) is 4.85. The summed E-state index contributed by atoms with van der Waals surface area (Å²) in [4.78, 5) is 24.1. The molecule has 0 spiro atoms. The number of hydrogen-bond acceptors (Lipinski definition) is 8. The summed E-state index contributed by atoms with van der Waals surface area (Å²) in [7, 11) is 0. The Morgan fingerprint density at radius 3 is 2.75 bits per heavy atom. The SMILES string of the molecule is Cc1nc(N)c2ncn(C3O[C@H](C(=O)O)C4OC(C)(C)O[C@H]43)c2n1. The number of nitrogens with two attached hydrogens (primary N) is 1. The zero-order chi connectivity index (χ0) is 17.2. The molecule has 2 aromatic heterocycles. The first-order valence-corrected chi connectivity index (χ1v) is 7.47. The van der Waals surface area contributed by atoms with E-state index in [0.717, 1.165) is 0 Å². The van der Waals surface area contributed by atoms with Gasteiger partial charge in [-0.1, -0.05) is 0 Å². The predicted octanol–water partition coefficient (Wildman–Crippen LogP) is 0.219. The Balaban J connectivity index is 1.80. The van der Waals surface area contributed by atoms with E-state index in [2.05, 4.69) is 15.0 Å². The van der Waals surface area contributed by atoms with E-state index >= 15 is 0 Å². The summed E-state index contributed by atoms with van der Waals surface area (Å²) in [6, 6.07) is 0. The van der Waals surface area contributed by atoms with Crippen LogP contribution in [0.2, 0.25) is 0 Å². The van der Waals surface area contributed by atoms with Crippen LogP contribution in [0.1, 0.15) is 25.9 Å². The van der Waals surface area contributed by atoms with Crippen LogP contribution in [0, 0.1) is 6.92 Å². The van der Waals surface area contributed by atoms with Gasteiger partial charge in [0.25, 0.3) is 0 Å². The molecule has 0 bridgehead atoms. The quantitative estimate of drug-likeness (QED) is 0.790. The van der Waals surface area contributed by atoms with Crippen LogP contribution in [0.15, 0.2) is 6.33 Å². The lowest BCUT2D eigenvalue weighted by Crippen LogP contribution is -2.35. The molecule has 0 aliphatic carbocycles. The van der Waals surface area contributed by atoms with Gasteiger partial charge < -0.3 is 25.1 Å². The summed E-state index contributed by atoms with van der Waals surface area (Å²) < 4.78 is 18.9. The zero-order valence-corrected chi connectivity index (χ0v) is 13.3. The molecule has 0 radical (unpaired) electrons. The highest BCUT2D eigenvalue weighted by Gasteiger charge is 2.58. The van der Waals surface area contributed by atoms with Gasteiger partial charge in [0.2, 0.25) is 0 Å². The molecule has 0 aromatic carbocycles. The number of carbonyl (C=O) groups is 1. The molecule has 2 unspecified atom stereocenters. The lowest BCUT2D eigenvalue weighted by atomic mass is 10.1. The highest BCUT2D eigenvalue weighted by molar-refractivity contribution is 5.81. The molecule has 2 aliphatic heterocycles. The second-order valence-corrected chi connectivity index (χ2v) is 6.33. The maximum absolute atomic E-state index is 11.5. The molecule has 0 amide bonds. The Bertz CT molecular complexity index is 834. The first-order chi connectivity index (χ1) is 11.3. The average Bonchev–Trinajstić information content (AvgIpc) is 3.09. The standard InChI is InChI=1S/C14H17N5O5/c1-5-17-10(15)6-11(18-5)19(4-16-6)12-8-7(9(22-12)13(20)21)23-14(2,3)24-8/h4,7-9,12H,1-3H3,(H,20,21)(H2,15,17,18)/t7?,8-,9+,12?/m1/s1. The number of carboxylic acid groups (broad SMARTS) is 1. The zero-order valence-electron chi connectivity index (χ0n) is 13.3. The van der Waals surface area contributed by atoms with E-state index in [1.165, 1.54) is 6.33 Å². The fourth-order valence-corrected chi connectivity index (χ4v) is 3.24. The number of aryl methyl sites for hydroxylation is 1. The van der Waals surface area contributed by atoms with Crippen molar-refractivity contribution in [1.29, 1.82) is 0 Å². The van der Waals surface area contributed by atoms with Crippen LogP contribution in [0.3, 0.4) is 0 Å². The maximum Gasteiger partial charge on any atom is 0.335 e. The number of aromatic nitrogens is 4. The summed E-state index contributed by atoms with van der Waals surface area (Å²) >= 11 is 0. The number of carboxylic acids is 1. The van der Waals surface area contributed by atoms with Gasteiger partial charge in [0.05, 0.1) is 6.33 Å². The molecule has 4 atom stereocenters. The number of nitrogen functional groups attached to an aromatic ring is 1. The molecule has 10 heteroatoms. The fraction of sp³-hybridized carbons (Fsp3) is 0.571. The molecule has 24 heavy (non-hydrogen) atoms. The smallest absolute Gasteiger partial charge is 0.335 e. The van der Waals surface area contributed by atoms with E-state index in [-0.39, 0.29) is 5.82 Å². The number of aliphatic carboxylic acids is 1. The van der Waals surface area contributed by atoms with Gasteiger partial charge in [-0.15, -0.1) is 0 Å². The van der Waals surface area contributed by atoms with Crippen LogP contribution in [-0.4, -0.2) is 54.7 Å². The molecule has 128 valence electrons. The fourth-order valence-electron chi connectivity index (χ4n) is 3.24. The van der Waals surface area contributed by atoms with Gasteiger partial charge in [0.1, 0.15) is 23.5 Å². The lowest BCUT2D eigenvalue weighted by molar-refractivity contribution is -0.202. The number of fused-ring (bicyclic) bond motifs is 2. The van der Waals surface area contributed by atoms with Crippen LogP contribution in [0.4, 0.5) is 5.82 Å². The van der Waals surface area contributed by atoms with E-state index < -0.39 is 36.3 Å². The van der Waals surface area contributed by atoms with Crippen LogP contribution in [-0.2, 0) is 19.0 Å². The van der Waals surface area contributed by atoms with Gasteiger partial charge in [0.15, 0.2) is 29.6 Å². The van der Waals surface area contributed by atoms with Gasteiger partial charge >= 0.3 is 5.97 Å². The largest absolute Gasteiger partial charge is 0.479 e. The molecule has 10 nitrogen and oxygen atoms in total. The maximum atomic E-state index is 11.5. The van der Waals surface area contributed by atoms with Gasteiger partial charge in [-0.25, -0.2) is 19.7 Å². The number of hydrogen-bond donors (Lipinski definition) is 2. The van der Waals surface area contributed by atoms with Gasteiger partial charge in [-0.05, 0) is 20.8 Å². The number of rotatable bonds is 2. The highest BCUT2D eigenvalue weighted by Crippen LogP contribution is 2.43. The van der Waals surface area contributed by atoms with Crippen molar-refractivity contribution in [3.05, 3.63) is 12.2 Å². The summed E-state index contributed by atoms with van der Waals surface area (Å²) in [6.45, 7) is 5.18. The van der Waals surface area contributed by atoms with E-state index in [0.29, 0.717) is 17.0 Å². The molecular weight excluding hydrogens is 318 g/mol. The second-order valence-electron chi connectivity index (χ2n) is 6.33. The molecule has 2 fully saturated rings. The van der Waals surface area contributed by atoms with Crippen LogP contribution < -0.4 is 5.73 Å². The predicted molar refractivity (Wildman–Crippen MR) is 79.8 cm³/mol. The highest BCUT2D eigenvalue weighted by atomic mass is 16.8. The minimum atomic E-state index is -1.14. The minimum Gasteiger partial charge on any atom is -0.479 e. The Labute approximate surface area is 136 Å². The molecule has 4 rings (SSSR count). The minimum absolute atomic E-state index is 0.254. The third-order valence-corrected chi connectivity index (χ3v) is 4.11. The molecule has 3 N–H and O–H groups in total. The first kappa shape index (κ1) is 15.2. The first-order valence-electron chi connectivity index (χ1n) is 7.47. The number of imidazole rings is 1. The molecule has 2 saturated heterocycles. The van der Waals surface area contributed by atoms with E-state index in [1.54, 1.807) is 25.3 Å². The van der Waals surface area contributed by atoms with E-state index in [4.69, 9.17) is 19.9 Å². The summed E-state index contributed by atoms with van der Waals surface area (Å²) in [5, 5.41) is 9.42. The van der Waals surface area contributed by atoms with Crippen molar-refractivity contribution in [2.24, 2.45) is 0 Å². The Morgan fingerprint density at radius 1 is 1.33 bits per heavy atom. The monoisotopic (exact) mass is 335 g/mol. The molecule has 0 saturated carbocycles. The van der Waals surface area contributed by atoms with Crippen LogP contribution in [0.5, 0.6) is 0 Å². The summed E-state index contributed by atoms with van der Waals surface area (Å²) in [5.74, 6) is -1.27. The molecular formula is C14H17N5O5. The van der Waals surface area contributed by atoms with Gasteiger partial charge in [-0.3, -0.25) is 4.57 Å². The summed E-state index contributed by atoms with van der Waals surface area (Å²) in [5.41, 5.74) is 6.77. The van der Waals surface area contributed by atoms with Crippen LogP contribution >= 0.6 is 0 Å². The third kappa shape index (κ3) is 2.14. The van der Waals surface area contributed by atoms with Crippen LogP contribution in [0.25, 0.3) is 11.2 Å². The Kier molecular flexibility index (Phi) is 3.08. The van der Waals surface area contributed by atoms with Crippen molar-refractivity contribution in [1.82, 2.24) is 19.5 Å². The Morgan fingerprint density at radius 2 is 2.04 bits per heavy atom. The molecule has 4 heterocycles.